The molecule has 0 saturated carbocycles. The normalized spacial score (nSPS) is 11.5. The van der Waals surface area contributed by atoms with Gasteiger partial charge in [-0.25, -0.2) is 0 Å². The smallest absolute Gasteiger partial charge is 0.0172 e. The van der Waals surface area contributed by atoms with Crippen molar-refractivity contribution in [1.82, 2.24) is 4.90 Å². The van der Waals surface area contributed by atoms with Gasteiger partial charge in [0.15, 0.2) is 0 Å². The third-order valence-corrected chi connectivity index (χ3v) is 6.88. The zero-order valence-corrected chi connectivity index (χ0v) is 22.5. The van der Waals surface area contributed by atoms with Crippen LogP contribution in [0.2, 0.25) is 0 Å². The van der Waals surface area contributed by atoms with Gasteiger partial charge in [-0.1, -0.05) is 160 Å². The predicted molar refractivity (Wildman–Crippen MR) is 151 cm³/mol. The van der Waals surface area contributed by atoms with Crippen LogP contribution in [-0.4, -0.2) is 18.0 Å². The average molecular weight is 456 g/mol. The van der Waals surface area contributed by atoms with Gasteiger partial charge in [-0.15, -0.1) is 0 Å². The second kappa shape index (κ2) is 23.9. The number of unbranched alkanes of at least 4 members (excludes halogenated alkanes) is 18. The molecule has 0 aromatic heterocycles. The number of hydrogen-bond donors (Lipinski definition) is 0. The molecule has 0 amide bonds. The van der Waals surface area contributed by atoms with Gasteiger partial charge in [0.1, 0.15) is 0 Å². The van der Waals surface area contributed by atoms with E-state index in [1.54, 1.807) is 0 Å². The molecule has 190 valence electrons. The van der Waals surface area contributed by atoms with Crippen LogP contribution in [0.1, 0.15) is 148 Å². The molecule has 33 heavy (non-hydrogen) atoms. The molecule has 1 nitrogen and oxygen atoms in total. The summed E-state index contributed by atoms with van der Waals surface area (Å²) in [7, 11) is 0. The highest BCUT2D eigenvalue weighted by Crippen LogP contribution is 2.13. The second-order valence-electron chi connectivity index (χ2n) is 10.1. The van der Waals surface area contributed by atoms with Crippen LogP contribution < -0.4 is 0 Å². The lowest BCUT2D eigenvalue weighted by Gasteiger charge is -2.20. The maximum Gasteiger partial charge on any atom is 0.0172 e. The Hall–Kier alpha value is -1.24. The minimum absolute atomic E-state index is 1.22. The Kier molecular flexibility index (Phi) is 21.6. The summed E-state index contributed by atoms with van der Waals surface area (Å²) >= 11 is 0. The van der Waals surface area contributed by atoms with E-state index in [0.717, 1.165) is 0 Å². The van der Waals surface area contributed by atoms with Gasteiger partial charge < -0.3 is 4.90 Å². The Labute approximate surface area is 208 Å². The van der Waals surface area contributed by atoms with Crippen LogP contribution in [0.3, 0.4) is 0 Å². The molecule has 0 spiro atoms. The first-order valence-electron chi connectivity index (χ1n) is 14.8. The van der Waals surface area contributed by atoms with Crippen molar-refractivity contribution in [2.24, 2.45) is 0 Å². The van der Waals surface area contributed by atoms with Crippen LogP contribution in [0.25, 0.3) is 6.08 Å². The summed E-state index contributed by atoms with van der Waals surface area (Å²) in [4.78, 5) is 2.59. The molecule has 0 aliphatic heterocycles. The van der Waals surface area contributed by atoms with Gasteiger partial charge in [0.25, 0.3) is 0 Å². The first-order valence-corrected chi connectivity index (χ1v) is 14.8. The Morgan fingerprint density at radius 1 is 0.485 bits per heavy atom. The van der Waals surface area contributed by atoms with Crippen LogP contribution in [-0.2, 0) is 0 Å². The van der Waals surface area contributed by atoms with Gasteiger partial charge >= 0.3 is 0 Å². The third kappa shape index (κ3) is 19.9. The molecule has 0 radical (unpaired) electrons. The van der Waals surface area contributed by atoms with Gasteiger partial charge in [-0.2, -0.15) is 0 Å². The zero-order valence-electron chi connectivity index (χ0n) is 22.5. The van der Waals surface area contributed by atoms with Crippen molar-refractivity contribution in [3.05, 3.63) is 42.1 Å². The van der Waals surface area contributed by atoms with E-state index in [4.69, 9.17) is 0 Å². The van der Waals surface area contributed by atoms with E-state index in [1.807, 2.05) is 0 Å². The van der Waals surface area contributed by atoms with Crippen LogP contribution in [0.5, 0.6) is 0 Å². The molecule has 0 heterocycles. The molecule has 0 saturated heterocycles. The van der Waals surface area contributed by atoms with E-state index in [0.29, 0.717) is 0 Å². The highest BCUT2D eigenvalue weighted by atomic mass is 15.1. The zero-order chi connectivity index (χ0) is 23.7. The van der Waals surface area contributed by atoms with Crippen molar-refractivity contribution in [2.45, 2.75) is 142 Å². The molecule has 0 atom stereocenters. The van der Waals surface area contributed by atoms with Crippen molar-refractivity contribution >= 4 is 6.08 Å². The molecule has 1 rings (SSSR count). The second-order valence-corrected chi connectivity index (χ2v) is 10.1. The fourth-order valence-corrected chi connectivity index (χ4v) is 4.62. The largest absolute Gasteiger partial charge is 0.377 e. The number of rotatable bonds is 24. The quantitative estimate of drug-likeness (QED) is 0.140. The van der Waals surface area contributed by atoms with Crippen molar-refractivity contribution in [3.8, 4) is 0 Å². The molecular formula is C32H57N. The lowest BCUT2D eigenvalue weighted by molar-refractivity contribution is 0.351. The molecule has 0 unspecified atom stereocenters. The monoisotopic (exact) mass is 455 g/mol. The molecule has 0 aliphatic carbocycles. The minimum Gasteiger partial charge on any atom is -0.377 e. The Morgan fingerprint density at radius 2 is 0.848 bits per heavy atom. The van der Waals surface area contributed by atoms with Crippen LogP contribution in [0.15, 0.2) is 36.5 Å². The molecule has 0 N–H and O–H groups in total. The average Bonchev–Trinajstić information content (AvgIpc) is 2.85. The van der Waals surface area contributed by atoms with E-state index in [9.17, 15) is 0 Å². The maximum atomic E-state index is 2.59. The fraction of sp³-hybridized carbons (Fsp3) is 0.750. The van der Waals surface area contributed by atoms with E-state index >= 15 is 0 Å². The fourth-order valence-electron chi connectivity index (χ4n) is 4.62. The summed E-state index contributed by atoms with van der Waals surface area (Å²) in [6, 6.07) is 10.8. The molecular weight excluding hydrogens is 398 g/mol. The van der Waals surface area contributed by atoms with E-state index in [1.165, 1.54) is 147 Å². The first-order chi connectivity index (χ1) is 16.4. The van der Waals surface area contributed by atoms with Crippen molar-refractivity contribution < 1.29 is 0 Å². The van der Waals surface area contributed by atoms with Crippen LogP contribution in [0, 0.1) is 0 Å². The molecule has 1 aromatic rings. The molecule has 0 aliphatic rings. The standard InChI is InChI=1S/C32H57N/c1-3-5-7-9-11-13-15-17-19-24-29-33(31-28-32-26-22-21-23-27-32)30-25-20-18-16-14-12-10-8-6-4-2/h21-23,26-28,31H,3-20,24-25,29-30H2,1-2H3. The minimum atomic E-state index is 1.22. The summed E-state index contributed by atoms with van der Waals surface area (Å²) in [6.07, 6.45) is 33.0. The summed E-state index contributed by atoms with van der Waals surface area (Å²) in [6.45, 7) is 7.04. The highest BCUT2D eigenvalue weighted by molar-refractivity contribution is 5.48. The van der Waals surface area contributed by atoms with Gasteiger partial charge in [-0.05, 0) is 30.7 Å². The van der Waals surface area contributed by atoms with E-state index in [-0.39, 0.29) is 0 Å². The van der Waals surface area contributed by atoms with E-state index in [2.05, 4.69) is 61.4 Å². The van der Waals surface area contributed by atoms with E-state index < -0.39 is 0 Å². The summed E-state index contributed by atoms with van der Waals surface area (Å²) < 4.78 is 0. The van der Waals surface area contributed by atoms with Crippen LogP contribution >= 0.6 is 0 Å². The Bertz CT molecular complexity index is 497. The van der Waals surface area contributed by atoms with Gasteiger partial charge in [-0.3, -0.25) is 0 Å². The maximum absolute atomic E-state index is 2.59. The third-order valence-electron chi connectivity index (χ3n) is 6.88. The number of benzene rings is 1. The highest BCUT2D eigenvalue weighted by Gasteiger charge is 2.01. The number of hydrogen-bond acceptors (Lipinski definition) is 1. The summed E-state index contributed by atoms with van der Waals surface area (Å²) in [5, 5.41) is 0. The van der Waals surface area contributed by atoms with Gasteiger partial charge in [0, 0.05) is 13.1 Å². The summed E-state index contributed by atoms with van der Waals surface area (Å²) in [5.74, 6) is 0. The van der Waals surface area contributed by atoms with Crippen LogP contribution in [0.4, 0.5) is 0 Å². The topological polar surface area (TPSA) is 3.24 Å². The molecule has 0 fully saturated rings. The Balaban J connectivity index is 2.17. The van der Waals surface area contributed by atoms with Crippen molar-refractivity contribution in [3.63, 3.8) is 0 Å². The Morgan fingerprint density at radius 3 is 1.24 bits per heavy atom. The summed E-state index contributed by atoms with van der Waals surface area (Å²) in [5.41, 5.74) is 1.31. The molecule has 1 heteroatoms. The first kappa shape index (κ1) is 29.8. The number of nitrogens with zero attached hydrogens (tertiary/aromatic N) is 1. The van der Waals surface area contributed by atoms with Gasteiger partial charge in [0.2, 0.25) is 0 Å². The predicted octanol–water partition coefficient (Wildman–Crippen LogP) is 10.8. The van der Waals surface area contributed by atoms with Crippen molar-refractivity contribution in [1.29, 1.82) is 0 Å². The van der Waals surface area contributed by atoms with Gasteiger partial charge in [0.05, 0.1) is 0 Å². The lowest BCUT2D eigenvalue weighted by Crippen LogP contribution is -2.20. The lowest BCUT2D eigenvalue weighted by atomic mass is 10.1. The molecule has 0 bridgehead atoms. The molecule has 1 aromatic carbocycles. The SMILES string of the molecule is CCCCCCCCCCCCN(C=Cc1ccccc1)CCCCCCCCCCCC. The van der Waals surface area contributed by atoms with Crippen molar-refractivity contribution in [2.75, 3.05) is 13.1 Å².